The topological polar surface area (TPSA) is 112 Å². The lowest BCUT2D eigenvalue weighted by atomic mass is 10.2. The first-order chi connectivity index (χ1) is 16.2. The molecule has 0 atom stereocenters. The maximum absolute atomic E-state index is 12.8. The Hall–Kier alpha value is -3.57. The van der Waals surface area contributed by atoms with Crippen LogP contribution in [0.1, 0.15) is 35.2 Å². The maximum Gasteiger partial charge on any atom is 0.342 e. The monoisotopic (exact) mass is 482 g/mol. The van der Waals surface area contributed by atoms with Gasteiger partial charge in [0, 0.05) is 26.8 Å². The molecular formula is C23H26N6O4S. The number of rotatable bonds is 8. The molecule has 0 saturated heterocycles. The maximum atomic E-state index is 12.8. The molecule has 178 valence electrons. The van der Waals surface area contributed by atoms with Crippen LogP contribution in [0.2, 0.25) is 0 Å². The molecule has 4 aromatic rings. The Balaban J connectivity index is 1.60. The van der Waals surface area contributed by atoms with Crippen LogP contribution in [0.15, 0.2) is 53.7 Å². The number of imidazole rings is 1. The summed E-state index contributed by atoms with van der Waals surface area (Å²) in [4.78, 5) is 21.8. The molecule has 0 aliphatic rings. The molecule has 0 aliphatic heterocycles. The minimum Gasteiger partial charge on any atom is -0.454 e. The summed E-state index contributed by atoms with van der Waals surface area (Å²) in [7, 11) is -0.619. The van der Waals surface area contributed by atoms with Gasteiger partial charge in [0.15, 0.2) is 5.82 Å². The number of hydrogen-bond donors (Lipinski definition) is 0. The predicted molar refractivity (Wildman–Crippen MR) is 126 cm³/mol. The molecule has 0 fully saturated rings. The van der Waals surface area contributed by atoms with Crippen molar-refractivity contribution in [2.75, 3.05) is 14.1 Å². The standard InChI is InChI=1S/C23H26N6O4S/c1-5-12-28-20-10-9-17(34(31,32)27(3)4)13-19(20)26-22(28)15-33-23(30)18-14-25-29(16(18)2)21-8-6-7-11-24-21/h6-11,13-14H,5,12,15H2,1-4H3. The van der Waals surface area contributed by atoms with E-state index in [1.165, 1.54) is 20.3 Å². The summed E-state index contributed by atoms with van der Waals surface area (Å²) in [6, 6.07) is 10.3. The second-order valence-corrected chi connectivity index (χ2v) is 10.1. The molecule has 0 aliphatic carbocycles. The van der Waals surface area contributed by atoms with Gasteiger partial charge in [0.2, 0.25) is 10.0 Å². The van der Waals surface area contributed by atoms with Crippen molar-refractivity contribution < 1.29 is 17.9 Å². The van der Waals surface area contributed by atoms with Gasteiger partial charge in [0.25, 0.3) is 0 Å². The Kier molecular flexibility index (Phi) is 6.49. The van der Waals surface area contributed by atoms with E-state index in [0.717, 1.165) is 16.2 Å². The van der Waals surface area contributed by atoms with Crippen molar-refractivity contribution in [1.29, 1.82) is 0 Å². The molecule has 0 radical (unpaired) electrons. The van der Waals surface area contributed by atoms with Crippen LogP contribution in [0.25, 0.3) is 16.9 Å². The minimum atomic E-state index is -3.59. The smallest absolute Gasteiger partial charge is 0.342 e. The third kappa shape index (κ3) is 4.31. The molecule has 34 heavy (non-hydrogen) atoms. The van der Waals surface area contributed by atoms with Gasteiger partial charge in [-0.05, 0) is 43.7 Å². The van der Waals surface area contributed by atoms with Crippen molar-refractivity contribution in [2.24, 2.45) is 0 Å². The second-order valence-electron chi connectivity index (χ2n) is 7.94. The number of benzene rings is 1. The van der Waals surface area contributed by atoms with Crippen molar-refractivity contribution in [3.8, 4) is 5.82 Å². The normalized spacial score (nSPS) is 11.9. The molecule has 3 heterocycles. The number of sulfonamides is 1. The first kappa shape index (κ1) is 23.6. The fourth-order valence-electron chi connectivity index (χ4n) is 3.64. The van der Waals surface area contributed by atoms with Gasteiger partial charge < -0.3 is 9.30 Å². The van der Waals surface area contributed by atoms with Crippen LogP contribution in [0.5, 0.6) is 0 Å². The summed E-state index contributed by atoms with van der Waals surface area (Å²) in [5.74, 6) is 0.623. The van der Waals surface area contributed by atoms with Crippen LogP contribution >= 0.6 is 0 Å². The molecule has 4 rings (SSSR count). The molecule has 0 saturated carbocycles. The van der Waals surface area contributed by atoms with Crippen molar-refractivity contribution in [3.63, 3.8) is 0 Å². The second kappa shape index (κ2) is 9.35. The first-order valence-corrected chi connectivity index (χ1v) is 12.2. The van der Waals surface area contributed by atoms with E-state index in [2.05, 4.69) is 15.1 Å². The highest BCUT2D eigenvalue weighted by molar-refractivity contribution is 7.89. The fraction of sp³-hybridized carbons (Fsp3) is 0.304. The van der Waals surface area contributed by atoms with Gasteiger partial charge in [-0.3, -0.25) is 0 Å². The molecule has 10 nitrogen and oxygen atoms in total. The summed E-state index contributed by atoms with van der Waals surface area (Å²) >= 11 is 0. The van der Waals surface area contributed by atoms with Crippen LogP contribution in [0, 0.1) is 6.92 Å². The number of esters is 1. The van der Waals surface area contributed by atoms with E-state index in [1.54, 1.807) is 48.1 Å². The molecule has 0 amide bonds. The highest BCUT2D eigenvalue weighted by atomic mass is 32.2. The Morgan fingerprint density at radius 2 is 1.97 bits per heavy atom. The highest BCUT2D eigenvalue weighted by Crippen LogP contribution is 2.23. The Morgan fingerprint density at radius 3 is 2.65 bits per heavy atom. The zero-order valence-electron chi connectivity index (χ0n) is 19.5. The molecule has 3 aromatic heterocycles. The van der Waals surface area contributed by atoms with Crippen LogP contribution in [-0.4, -0.2) is 57.1 Å². The van der Waals surface area contributed by atoms with Gasteiger partial charge in [0.1, 0.15) is 18.0 Å². The van der Waals surface area contributed by atoms with E-state index in [0.29, 0.717) is 35.0 Å². The van der Waals surface area contributed by atoms with Crippen LogP contribution in [-0.2, 0) is 27.9 Å². The molecule has 0 unspecified atom stereocenters. The molecule has 11 heteroatoms. The van der Waals surface area contributed by atoms with E-state index in [-0.39, 0.29) is 11.5 Å². The van der Waals surface area contributed by atoms with Crippen LogP contribution < -0.4 is 0 Å². The quantitative estimate of drug-likeness (QED) is 0.355. The molecule has 0 N–H and O–H groups in total. The van der Waals surface area contributed by atoms with Crippen LogP contribution in [0.3, 0.4) is 0 Å². The summed E-state index contributed by atoms with van der Waals surface area (Å²) in [6.07, 6.45) is 3.95. The lowest BCUT2D eigenvalue weighted by Gasteiger charge is -2.11. The van der Waals surface area contributed by atoms with Gasteiger partial charge >= 0.3 is 5.97 Å². The number of aromatic nitrogens is 5. The summed E-state index contributed by atoms with van der Waals surface area (Å²) in [5, 5.41) is 4.26. The summed E-state index contributed by atoms with van der Waals surface area (Å²) < 4.78 is 35.3. The van der Waals surface area contributed by atoms with Crippen LogP contribution in [0.4, 0.5) is 0 Å². The average Bonchev–Trinajstić information content (AvgIpc) is 3.38. The van der Waals surface area contributed by atoms with Crippen molar-refractivity contribution in [2.45, 2.75) is 38.3 Å². The van der Waals surface area contributed by atoms with Gasteiger partial charge in [-0.2, -0.15) is 5.10 Å². The third-order valence-corrected chi connectivity index (χ3v) is 7.26. The average molecular weight is 483 g/mol. The zero-order chi connectivity index (χ0) is 24.5. The summed E-state index contributed by atoms with van der Waals surface area (Å²) in [5.41, 5.74) is 2.26. The summed E-state index contributed by atoms with van der Waals surface area (Å²) in [6.45, 7) is 4.40. The van der Waals surface area contributed by atoms with E-state index in [1.807, 2.05) is 17.6 Å². The number of ether oxygens (including phenoxy) is 1. The van der Waals surface area contributed by atoms with E-state index in [9.17, 15) is 13.2 Å². The number of fused-ring (bicyclic) bond motifs is 1. The predicted octanol–water partition coefficient (Wildman–Crippen LogP) is 2.94. The van der Waals surface area contributed by atoms with Gasteiger partial charge in [0.05, 0.1) is 27.8 Å². The fourth-order valence-corrected chi connectivity index (χ4v) is 4.56. The molecule has 1 aromatic carbocycles. The van der Waals surface area contributed by atoms with E-state index < -0.39 is 16.0 Å². The van der Waals surface area contributed by atoms with Crippen molar-refractivity contribution in [1.82, 2.24) is 28.6 Å². The molecule has 0 spiro atoms. The molecular weight excluding hydrogens is 456 g/mol. The number of aryl methyl sites for hydroxylation is 1. The van der Waals surface area contributed by atoms with Gasteiger partial charge in [-0.1, -0.05) is 13.0 Å². The Labute approximate surface area is 197 Å². The number of nitrogens with zero attached hydrogens (tertiary/aromatic N) is 6. The van der Waals surface area contributed by atoms with Gasteiger partial charge in [-0.15, -0.1) is 0 Å². The number of pyridine rings is 1. The largest absolute Gasteiger partial charge is 0.454 e. The lowest BCUT2D eigenvalue weighted by molar-refractivity contribution is 0.0457. The number of hydrogen-bond acceptors (Lipinski definition) is 7. The van der Waals surface area contributed by atoms with Gasteiger partial charge in [-0.25, -0.2) is 32.2 Å². The molecule has 0 bridgehead atoms. The highest BCUT2D eigenvalue weighted by Gasteiger charge is 2.21. The van der Waals surface area contributed by atoms with E-state index >= 15 is 0 Å². The van der Waals surface area contributed by atoms with Crippen molar-refractivity contribution >= 4 is 27.0 Å². The SMILES string of the molecule is CCCn1c(COC(=O)c2cnn(-c3ccccn3)c2C)nc2cc(S(=O)(=O)N(C)C)ccc21. The lowest BCUT2D eigenvalue weighted by Crippen LogP contribution is -2.22. The minimum absolute atomic E-state index is 0.0581. The first-order valence-electron chi connectivity index (χ1n) is 10.8. The zero-order valence-corrected chi connectivity index (χ0v) is 20.3. The Bertz CT molecular complexity index is 1440. The third-order valence-electron chi connectivity index (χ3n) is 5.45. The number of carbonyl (C=O) groups excluding carboxylic acids is 1. The Morgan fingerprint density at radius 1 is 1.18 bits per heavy atom. The van der Waals surface area contributed by atoms with Crippen molar-refractivity contribution in [3.05, 3.63) is 65.9 Å². The van der Waals surface area contributed by atoms with E-state index in [4.69, 9.17) is 4.74 Å². The number of carbonyl (C=O) groups is 1.